The molecule has 13 heavy (non-hydrogen) atoms. The lowest BCUT2D eigenvalue weighted by molar-refractivity contribution is -0.117. The number of anilines is 1. The molecule has 4 heteroatoms. The molecular formula is C9H11FN2O. The van der Waals surface area contributed by atoms with Crippen LogP contribution < -0.4 is 11.1 Å². The fourth-order valence-corrected chi connectivity index (χ4v) is 0.822. The zero-order chi connectivity index (χ0) is 9.84. The van der Waals surface area contributed by atoms with Gasteiger partial charge in [0.2, 0.25) is 5.91 Å². The van der Waals surface area contributed by atoms with Crippen LogP contribution in [0.4, 0.5) is 10.1 Å². The molecule has 0 radical (unpaired) electrons. The van der Waals surface area contributed by atoms with Crippen molar-refractivity contribution < 1.29 is 9.18 Å². The van der Waals surface area contributed by atoms with Crippen LogP contribution in [0.2, 0.25) is 0 Å². The summed E-state index contributed by atoms with van der Waals surface area (Å²) in [5.41, 5.74) is 5.73. The Morgan fingerprint density at radius 3 is 2.85 bits per heavy atom. The number of halogens is 1. The molecule has 0 aliphatic heterocycles. The van der Waals surface area contributed by atoms with Crippen molar-refractivity contribution in [1.82, 2.24) is 0 Å². The predicted molar refractivity (Wildman–Crippen MR) is 48.7 cm³/mol. The van der Waals surface area contributed by atoms with Crippen LogP contribution in [0.3, 0.4) is 0 Å². The summed E-state index contributed by atoms with van der Waals surface area (Å²) in [6.07, 6.45) is 0. The molecule has 0 heterocycles. The van der Waals surface area contributed by atoms with Crippen molar-refractivity contribution in [3.05, 3.63) is 30.1 Å². The Labute approximate surface area is 75.7 Å². The summed E-state index contributed by atoms with van der Waals surface area (Å²) >= 11 is 0. The van der Waals surface area contributed by atoms with Gasteiger partial charge in [0.15, 0.2) is 0 Å². The van der Waals surface area contributed by atoms with Gasteiger partial charge in [0.1, 0.15) is 5.82 Å². The van der Waals surface area contributed by atoms with E-state index in [-0.39, 0.29) is 11.7 Å². The molecule has 1 rings (SSSR count). The van der Waals surface area contributed by atoms with E-state index in [0.717, 1.165) is 0 Å². The van der Waals surface area contributed by atoms with Crippen LogP contribution in [0.25, 0.3) is 0 Å². The lowest BCUT2D eigenvalue weighted by Gasteiger charge is -2.06. The van der Waals surface area contributed by atoms with Gasteiger partial charge in [0.25, 0.3) is 0 Å². The van der Waals surface area contributed by atoms with Crippen LogP contribution in [0.15, 0.2) is 24.3 Å². The predicted octanol–water partition coefficient (Wildman–Crippen LogP) is 1.11. The highest BCUT2D eigenvalue weighted by Gasteiger charge is 2.06. The molecule has 0 unspecified atom stereocenters. The number of rotatable bonds is 2. The van der Waals surface area contributed by atoms with Crippen molar-refractivity contribution >= 4 is 11.6 Å². The minimum Gasteiger partial charge on any atom is -0.325 e. The Balaban J connectivity index is 2.69. The van der Waals surface area contributed by atoms with Crippen LogP contribution in [-0.2, 0) is 4.79 Å². The number of benzene rings is 1. The number of carbonyl (C=O) groups is 1. The quantitative estimate of drug-likeness (QED) is 0.719. The smallest absolute Gasteiger partial charge is 0.241 e. The van der Waals surface area contributed by atoms with Crippen molar-refractivity contribution in [1.29, 1.82) is 0 Å². The molecule has 0 saturated heterocycles. The molecule has 1 amide bonds. The van der Waals surface area contributed by atoms with Gasteiger partial charge in [0.05, 0.1) is 6.04 Å². The minimum atomic E-state index is -0.594. The summed E-state index contributed by atoms with van der Waals surface area (Å²) < 4.78 is 12.6. The first-order valence-corrected chi connectivity index (χ1v) is 3.91. The van der Waals surface area contributed by atoms with E-state index in [2.05, 4.69) is 5.32 Å². The monoisotopic (exact) mass is 182 g/mol. The van der Waals surface area contributed by atoms with Gasteiger partial charge in [-0.3, -0.25) is 4.79 Å². The molecule has 3 nitrogen and oxygen atoms in total. The van der Waals surface area contributed by atoms with Crippen LogP contribution >= 0.6 is 0 Å². The van der Waals surface area contributed by atoms with Gasteiger partial charge in [-0.05, 0) is 25.1 Å². The fraction of sp³-hybridized carbons (Fsp3) is 0.222. The minimum absolute atomic E-state index is 0.328. The Bertz CT molecular complexity index is 312. The molecule has 0 saturated carbocycles. The Hall–Kier alpha value is -1.42. The maximum Gasteiger partial charge on any atom is 0.241 e. The molecule has 0 fully saturated rings. The zero-order valence-electron chi connectivity index (χ0n) is 7.25. The molecule has 0 aliphatic rings. The largest absolute Gasteiger partial charge is 0.325 e. The number of amides is 1. The second-order valence-electron chi connectivity index (χ2n) is 2.79. The van der Waals surface area contributed by atoms with Gasteiger partial charge in [-0.2, -0.15) is 0 Å². The number of hydrogen-bond donors (Lipinski definition) is 2. The lowest BCUT2D eigenvalue weighted by Crippen LogP contribution is -2.32. The highest BCUT2D eigenvalue weighted by atomic mass is 19.1. The van der Waals surface area contributed by atoms with E-state index in [1.807, 2.05) is 0 Å². The maximum absolute atomic E-state index is 12.6. The standard InChI is InChI=1S/C9H11FN2O/c1-6(11)9(13)12-8-4-2-3-7(10)5-8/h2-6H,11H2,1H3,(H,12,13)/t6-/m1/s1. The molecule has 0 spiro atoms. The third kappa shape index (κ3) is 2.83. The zero-order valence-corrected chi connectivity index (χ0v) is 7.25. The molecule has 1 atom stereocenters. The summed E-state index contributed by atoms with van der Waals surface area (Å²) in [5.74, 6) is -0.715. The van der Waals surface area contributed by atoms with Gasteiger partial charge < -0.3 is 11.1 Å². The average molecular weight is 182 g/mol. The van der Waals surface area contributed by atoms with Gasteiger partial charge in [-0.25, -0.2) is 4.39 Å². The van der Waals surface area contributed by atoms with Crippen molar-refractivity contribution in [3.8, 4) is 0 Å². The molecule has 3 N–H and O–H groups in total. The first-order valence-electron chi connectivity index (χ1n) is 3.91. The lowest BCUT2D eigenvalue weighted by atomic mass is 10.3. The highest BCUT2D eigenvalue weighted by Crippen LogP contribution is 2.08. The average Bonchev–Trinajstić information content (AvgIpc) is 2.04. The van der Waals surface area contributed by atoms with Crippen LogP contribution in [0.1, 0.15) is 6.92 Å². The second-order valence-corrected chi connectivity index (χ2v) is 2.79. The molecule has 0 aliphatic carbocycles. The van der Waals surface area contributed by atoms with Crippen molar-refractivity contribution in [2.45, 2.75) is 13.0 Å². The number of carbonyl (C=O) groups excluding carboxylic acids is 1. The second kappa shape index (κ2) is 4.00. The van der Waals surface area contributed by atoms with E-state index in [1.54, 1.807) is 13.0 Å². The van der Waals surface area contributed by atoms with Gasteiger partial charge in [0, 0.05) is 5.69 Å². The summed E-state index contributed by atoms with van der Waals surface area (Å²) in [6, 6.07) is 5.07. The Kier molecular flexibility index (Phi) is 2.97. The van der Waals surface area contributed by atoms with Gasteiger partial charge >= 0.3 is 0 Å². The number of nitrogens with one attached hydrogen (secondary N) is 1. The van der Waals surface area contributed by atoms with Crippen molar-refractivity contribution in [2.24, 2.45) is 5.73 Å². The summed E-state index contributed by atoms with van der Waals surface area (Å²) in [7, 11) is 0. The number of nitrogens with two attached hydrogens (primary N) is 1. The van der Waals surface area contributed by atoms with E-state index >= 15 is 0 Å². The van der Waals surface area contributed by atoms with Gasteiger partial charge in [-0.15, -0.1) is 0 Å². The van der Waals surface area contributed by atoms with Crippen LogP contribution in [-0.4, -0.2) is 11.9 Å². The molecule has 0 bridgehead atoms. The van der Waals surface area contributed by atoms with E-state index < -0.39 is 6.04 Å². The Morgan fingerprint density at radius 1 is 1.62 bits per heavy atom. The topological polar surface area (TPSA) is 55.1 Å². The third-order valence-electron chi connectivity index (χ3n) is 1.51. The summed E-state index contributed by atoms with van der Waals surface area (Å²) in [6.45, 7) is 1.56. The van der Waals surface area contributed by atoms with E-state index in [0.29, 0.717) is 5.69 Å². The fourth-order valence-electron chi connectivity index (χ4n) is 0.822. The third-order valence-corrected chi connectivity index (χ3v) is 1.51. The van der Waals surface area contributed by atoms with Crippen LogP contribution in [0, 0.1) is 5.82 Å². The Morgan fingerprint density at radius 2 is 2.31 bits per heavy atom. The van der Waals surface area contributed by atoms with E-state index in [4.69, 9.17) is 5.73 Å². The SMILES string of the molecule is C[C@@H](N)C(=O)Nc1cccc(F)c1. The summed E-state index contributed by atoms with van der Waals surface area (Å²) in [4.78, 5) is 11.1. The van der Waals surface area contributed by atoms with Gasteiger partial charge in [-0.1, -0.05) is 6.07 Å². The van der Waals surface area contributed by atoms with Crippen molar-refractivity contribution in [2.75, 3.05) is 5.32 Å². The van der Waals surface area contributed by atoms with Crippen LogP contribution in [0.5, 0.6) is 0 Å². The maximum atomic E-state index is 12.6. The number of hydrogen-bond acceptors (Lipinski definition) is 2. The normalized spacial score (nSPS) is 12.2. The van der Waals surface area contributed by atoms with E-state index in [9.17, 15) is 9.18 Å². The molecule has 70 valence electrons. The molecular weight excluding hydrogens is 171 g/mol. The first kappa shape index (κ1) is 9.67. The first-order chi connectivity index (χ1) is 6.09. The molecule has 0 aromatic heterocycles. The molecule has 1 aromatic carbocycles. The summed E-state index contributed by atoms with van der Waals surface area (Å²) in [5, 5.41) is 2.48. The molecule has 1 aromatic rings. The van der Waals surface area contributed by atoms with E-state index in [1.165, 1.54) is 18.2 Å². The van der Waals surface area contributed by atoms with Crippen molar-refractivity contribution in [3.63, 3.8) is 0 Å². The highest BCUT2D eigenvalue weighted by molar-refractivity contribution is 5.94.